The third-order valence-electron chi connectivity index (χ3n) is 5.60. The van der Waals surface area contributed by atoms with Crippen LogP contribution in [0, 0.1) is 0 Å². The molecule has 0 aromatic heterocycles. The van der Waals surface area contributed by atoms with Crippen LogP contribution in [0.5, 0.6) is 11.5 Å². The lowest BCUT2D eigenvalue weighted by Crippen LogP contribution is -2.59. The lowest BCUT2D eigenvalue weighted by molar-refractivity contribution is -0.309. The van der Waals surface area contributed by atoms with E-state index in [1.54, 1.807) is 0 Å². The fourth-order valence-electron chi connectivity index (χ4n) is 4.03. The predicted octanol–water partition coefficient (Wildman–Crippen LogP) is -0.960. The highest BCUT2D eigenvalue weighted by molar-refractivity contribution is 6.15. The molecule has 0 unspecified atom stereocenters. The van der Waals surface area contributed by atoms with Crippen LogP contribution >= 0.6 is 0 Å². The molecule has 0 radical (unpaired) electrons. The maximum Gasteiger partial charge on any atom is 0.201 e. The molecule has 0 amide bonds. The highest BCUT2D eigenvalue weighted by Crippen LogP contribution is 2.45. The number of carbonyl (C=O) groups excluding carboxylic acids is 1. The van der Waals surface area contributed by atoms with Crippen molar-refractivity contribution < 1.29 is 50.0 Å². The van der Waals surface area contributed by atoms with Crippen LogP contribution in [0.1, 0.15) is 38.7 Å². The van der Waals surface area contributed by atoms with Gasteiger partial charge in [-0.05, 0) is 23.8 Å². The number of aliphatic hydroxyl groups excluding tert-OH is 5. The van der Waals surface area contributed by atoms with Gasteiger partial charge >= 0.3 is 0 Å². The summed E-state index contributed by atoms with van der Waals surface area (Å²) in [6.07, 6.45) is -8.86. The van der Waals surface area contributed by atoms with Crippen molar-refractivity contribution in [3.8, 4) is 11.5 Å². The molecule has 0 saturated carbocycles. The smallest absolute Gasteiger partial charge is 0.201 e. The fraction of sp³-hybridized carbons (Fsp3) is 0.381. The summed E-state index contributed by atoms with van der Waals surface area (Å²) in [5.41, 5.74) is 0.389. The zero-order chi connectivity index (χ0) is 22.4. The maximum atomic E-state index is 13.0. The zero-order valence-corrected chi connectivity index (χ0v) is 16.1. The van der Waals surface area contributed by atoms with Gasteiger partial charge in [0.15, 0.2) is 6.29 Å². The van der Waals surface area contributed by atoms with Crippen molar-refractivity contribution in [1.82, 2.24) is 0 Å². The van der Waals surface area contributed by atoms with Crippen LogP contribution in [0.4, 0.5) is 0 Å². The first-order valence-electron chi connectivity index (χ1n) is 9.57. The van der Waals surface area contributed by atoms with Crippen molar-refractivity contribution in [1.29, 1.82) is 0 Å². The molecule has 1 saturated heterocycles. The quantitative estimate of drug-likeness (QED) is 0.317. The zero-order valence-electron chi connectivity index (χ0n) is 16.1. The van der Waals surface area contributed by atoms with Gasteiger partial charge in [0.25, 0.3) is 0 Å². The summed E-state index contributed by atoms with van der Waals surface area (Å²) in [6, 6.07) is 6.94. The van der Waals surface area contributed by atoms with E-state index in [4.69, 9.17) is 9.47 Å². The number of hydrogen-bond donors (Lipinski definition) is 7. The van der Waals surface area contributed by atoms with Gasteiger partial charge in [-0.15, -0.1) is 0 Å². The van der Waals surface area contributed by atoms with Crippen LogP contribution in [0.2, 0.25) is 0 Å². The second-order valence-corrected chi connectivity index (χ2v) is 7.52. The summed E-state index contributed by atoms with van der Waals surface area (Å²) < 4.78 is 11.3. The van der Waals surface area contributed by atoms with Gasteiger partial charge in [0.05, 0.1) is 24.3 Å². The average Bonchev–Trinajstić information content (AvgIpc) is 2.75. The first kappa shape index (κ1) is 21.7. The minimum Gasteiger partial charge on any atom is -0.507 e. The van der Waals surface area contributed by atoms with E-state index in [1.165, 1.54) is 30.3 Å². The monoisotopic (exact) mass is 434 g/mol. The Morgan fingerprint density at radius 2 is 1.61 bits per heavy atom. The predicted molar refractivity (Wildman–Crippen MR) is 102 cm³/mol. The van der Waals surface area contributed by atoms with Crippen LogP contribution in [0.25, 0.3) is 0 Å². The van der Waals surface area contributed by atoms with E-state index in [9.17, 15) is 40.5 Å². The maximum absolute atomic E-state index is 13.0. The average molecular weight is 434 g/mol. The van der Waals surface area contributed by atoms with Gasteiger partial charge < -0.3 is 45.2 Å². The molecule has 6 atom stereocenters. The second-order valence-electron chi connectivity index (χ2n) is 7.52. The van der Waals surface area contributed by atoms with E-state index in [2.05, 4.69) is 0 Å². The van der Waals surface area contributed by atoms with Crippen LogP contribution in [0.3, 0.4) is 0 Å². The number of benzene rings is 2. The molecule has 2 aliphatic rings. The van der Waals surface area contributed by atoms with E-state index < -0.39 is 61.6 Å². The largest absolute Gasteiger partial charge is 0.507 e. The minimum atomic E-state index is -1.70. The Bertz CT molecular complexity index is 1000. The normalized spacial score (nSPS) is 30.0. The number of phenols is 2. The number of ether oxygens (including phenoxy) is 2. The molecule has 31 heavy (non-hydrogen) atoms. The van der Waals surface area contributed by atoms with Crippen molar-refractivity contribution in [2.75, 3.05) is 6.61 Å². The fourth-order valence-corrected chi connectivity index (χ4v) is 4.03. The molecular weight excluding hydrogens is 412 g/mol. The number of phenolic OH excluding ortho intramolecular Hbond substituents is 2. The highest BCUT2D eigenvalue weighted by atomic mass is 16.7. The molecule has 1 aliphatic heterocycles. The molecular formula is C21H22O10. The third-order valence-corrected chi connectivity index (χ3v) is 5.60. The van der Waals surface area contributed by atoms with Gasteiger partial charge in [0.2, 0.25) is 5.78 Å². The SMILES string of the molecule is O=C1c2c(O)cccc2[C@@H](O[C@@H]2O[C@H](CO)[C@H](O)[C@@H](O)[C@H]2O)c2cc(CO)cc(O)c21. The Morgan fingerprint density at radius 1 is 0.903 bits per heavy atom. The molecule has 1 heterocycles. The third kappa shape index (κ3) is 3.48. The number of fused-ring (bicyclic) bond motifs is 2. The molecule has 0 spiro atoms. The molecule has 2 aromatic rings. The number of rotatable bonds is 4. The number of aromatic hydroxyl groups is 2. The number of ketones is 1. The first-order chi connectivity index (χ1) is 14.8. The van der Waals surface area contributed by atoms with Gasteiger partial charge in [0, 0.05) is 11.1 Å². The molecule has 1 aliphatic carbocycles. The summed E-state index contributed by atoms with van der Waals surface area (Å²) in [7, 11) is 0. The Hall–Kier alpha value is -2.57. The standard InChI is InChI=1S/C21H22O10/c22-6-8-4-10-15(12(25)5-8)17(27)14-9(2-1-3-11(14)24)20(10)31-21-19(29)18(28)16(26)13(7-23)30-21/h1-5,13,16,18-26,28-29H,6-7H2/t13-,16+,18-,19-,20-,21+/m1/s1. The van der Waals surface area contributed by atoms with Crippen molar-refractivity contribution in [2.24, 2.45) is 0 Å². The summed E-state index contributed by atoms with van der Waals surface area (Å²) in [5.74, 6) is -1.43. The Morgan fingerprint density at radius 3 is 2.29 bits per heavy atom. The van der Waals surface area contributed by atoms with Gasteiger partial charge in [0.1, 0.15) is 42.0 Å². The number of hydrogen-bond acceptors (Lipinski definition) is 10. The Kier molecular flexibility index (Phi) is 5.71. The topological polar surface area (TPSA) is 177 Å². The second kappa shape index (κ2) is 8.17. The van der Waals surface area contributed by atoms with Crippen LogP contribution < -0.4 is 0 Å². The van der Waals surface area contributed by atoms with Crippen LogP contribution in [-0.4, -0.2) is 78.8 Å². The van der Waals surface area contributed by atoms with E-state index >= 15 is 0 Å². The molecule has 7 N–H and O–H groups in total. The number of aliphatic hydroxyl groups is 5. The molecule has 10 heteroatoms. The molecule has 4 rings (SSSR count). The van der Waals surface area contributed by atoms with E-state index in [1.807, 2.05) is 0 Å². The van der Waals surface area contributed by atoms with Crippen molar-refractivity contribution in [3.63, 3.8) is 0 Å². The van der Waals surface area contributed by atoms with Crippen LogP contribution in [0.15, 0.2) is 30.3 Å². The van der Waals surface area contributed by atoms with Crippen molar-refractivity contribution in [2.45, 2.75) is 43.4 Å². The molecule has 166 valence electrons. The van der Waals surface area contributed by atoms with E-state index in [0.717, 1.165) is 0 Å². The summed E-state index contributed by atoms with van der Waals surface area (Å²) in [5, 5.41) is 70.1. The van der Waals surface area contributed by atoms with Crippen molar-refractivity contribution >= 4 is 5.78 Å². The number of carbonyl (C=O) groups is 1. The molecule has 1 fully saturated rings. The van der Waals surface area contributed by atoms with E-state index in [0.29, 0.717) is 0 Å². The summed E-state index contributed by atoms with van der Waals surface area (Å²) in [4.78, 5) is 13.0. The lowest BCUT2D eigenvalue weighted by Gasteiger charge is -2.41. The highest BCUT2D eigenvalue weighted by Gasteiger charge is 2.46. The Labute approximate surface area is 176 Å². The Balaban J connectivity index is 1.83. The van der Waals surface area contributed by atoms with Gasteiger partial charge in [-0.2, -0.15) is 0 Å². The summed E-state index contributed by atoms with van der Waals surface area (Å²) in [6.45, 7) is -1.09. The van der Waals surface area contributed by atoms with Gasteiger partial charge in [-0.1, -0.05) is 12.1 Å². The molecule has 0 bridgehead atoms. The van der Waals surface area contributed by atoms with Gasteiger partial charge in [-0.25, -0.2) is 0 Å². The van der Waals surface area contributed by atoms with E-state index in [-0.39, 0.29) is 33.6 Å². The minimum absolute atomic E-state index is 0.114. The first-order valence-corrected chi connectivity index (χ1v) is 9.57. The lowest BCUT2D eigenvalue weighted by atomic mass is 9.81. The van der Waals surface area contributed by atoms with Gasteiger partial charge in [-0.3, -0.25) is 4.79 Å². The van der Waals surface area contributed by atoms with Crippen molar-refractivity contribution in [3.05, 3.63) is 58.1 Å². The molecule has 2 aromatic carbocycles. The molecule has 10 nitrogen and oxygen atoms in total. The van der Waals surface area contributed by atoms with Crippen LogP contribution in [-0.2, 0) is 16.1 Å². The summed E-state index contributed by atoms with van der Waals surface area (Å²) >= 11 is 0.